The lowest BCUT2D eigenvalue weighted by Crippen LogP contribution is -2.22. The molecule has 118 valence electrons. The Morgan fingerprint density at radius 1 is 1.43 bits per heavy atom. The predicted molar refractivity (Wildman–Crippen MR) is 86.0 cm³/mol. The van der Waals surface area contributed by atoms with Crippen molar-refractivity contribution in [2.24, 2.45) is 5.92 Å². The first-order valence-corrected chi connectivity index (χ1v) is 7.73. The van der Waals surface area contributed by atoms with Gasteiger partial charge in [0.1, 0.15) is 5.82 Å². The van der Waals surface area contributed by atoms with Crippen LogP contribution in [0.5, 0.6) is 0 Å². The zero-order valence-corrected chi connectivity index (χ0v) is 13.7. The van der Waals surface area contributed by atoms with Crippen LogP contribution in [0.1, 0.15) is 37.6 Å². The van der Waals surface area contributed by atoms with Gasteiger partial charge in [-0.15, -0.1) is 0 Å². The molecule has 0 aromatic carbocycles. The molecule has 1 aromatic rings. The van der Waals surface area contributed by atoms with E-state index in [0.717, 1.165) is 26.1 Å². The molecule has 0 saturated carbocycles. The Kier molecular flexibility index (Phi) is 8.08. The van der Waals surface area contributed by atoms with Crippen LogP contribution in [0, 0.1) is 5.92 Å². The Morgan fingerprint density at radius 3 is 2.81 bits per heavy atom. The smallest absolute Gasteiger partial charge is 0.339 e. The molecule has 1 unspecified atom stereocenters. The van der Waals surface area contributed by atoms with Gasteiger partial charge in [-0.2, -0.15) is 0 Å². The minimum absolute atomic E-state index is 0.376. The molecular formula is C15H24ClN3O2. The Morgan fingerprint density at radius 2 is 2.19 bits per heavy atom. The monoisotopic (exact) mass is 313 g/mol. The number of nitrogens with one attached hydrogen (secondary N) is 2. The summed E-state index contributed by atoms with van der Waals surface area (Å²) >= 11 is 6.05. The maximum atomic E-state index is 11.9. The van der Waals surface area contributed by atoms with Crippen LogP contribution < -0.4 is 10.6 Å². The second kappa shape index (κ2) is 9.58. The zero-order valence-electron chi connectivity index (χ0n) is 12.9. The fraction of sp³-hybridized carbons (Fsp3) is 0.600. The SMILES string of the molecule is CCNCC(C)CCOC(=O)c1cnc(NCC)c(Cl)c1. The second-order valence-corrected chi connectivity index (χ2v) is 5.33. The summed E-state index contributed by atoms with van der Waals surface area (Å²) in [4.78, 5) is 16.0. The van der Waals surface area contributed by atoms with E-state index < -0.39 is 0 Å². The number of esters is 1. The third-order valence-electron chi connectivity index (χ3n) is 3.01. The number of carbonyl (C=O) groups excluding carboxylic acids is 1. The third kappa shape index (κ3) is 6.31. The van der Waals surface area contributed by atoms with E-state index in [-0.39, 0.29) is 5.97 Å². The first-order chi connectivity index (χ1) is 10.1. The molecule has 2 N–H and O–H groups in total. The van der Waals surface area contributed by atoms with Gasteiger partial charge in [0.15, 0.2) is 0 Å². The summed E-state index contributed by atoms with van der Waals surface area (Å²) < 4.78 is 5.25. The minimum Gasteiger partial charge on any atom is -0.462 e. The number of hydrogen-bond acceptors (Lipinski definition) is 5. The number of halogens is 1. The van der Waals surface area contributed by atoms with E-state index in [1.54, 1.807) is 6.07 Å². The number of carbonyl (C=O) groups is 1. The molecule has 1 heterocycles. The summed E-state index contributed by atoms with van der Waals surface area (Å²) in [6, 6.07) is 1.58. The largest absolute Gasteiger partial charge is 0.462 e. The highest BCUT2D eigenvalue weighted by Crippen LogP contribution is 2.20. The van der Waals surface area contributed by atoms with Crippen molar-refractivity contribution >= 4 is 23.4 Å². The Hall–Kier alpha value is -1.33. The van der Waals surface area contributed by atoms with Crippen LogP contribution in [0.3, 0.4) is 0 Å². The molecule has 0 spiro atoms. The van der Waals surface area contributed by atoms with Gasteiger partial charge in [-0.25, -0.2) is 9.78 Å². The molecule has 0 aliphatic heterocycles. The molecule has 5 nitrogen and oxygen atoms in total. The van der Waals surface area contributed by atoms with Crippen LogP contribution >= 0.6 is 11.6 Å². The Labute approximate surface area is 131 Å². The standard InChI is InChI=1S/C15H24ClN3O2/c1-4-17-9-11(3)6-7-21-15(20)12-8-13(16)14(18-5-2)19-10-12/h8,10-11,17H,4-7,9H2,1-3H3,(H,18,19). The number of pyridine rings is 1. The van der Waals surface area contributed by atoms with Crippen molar-refractivity contribution in [3.8, 4) is 0 Å². The van der Waals surface area contributed by atoms with Gasteiger partial charge < -0.3 is 15.4 Å². The molecule has 0 amide bonds. The first kappa shape index (κ1) is 17.7. The third-order valence-corrected chi connectivity index (χ3v) is 3.30. The number of hydrogen-bond donors (Lipinski definition) is 2. The van der Waals surface area contributed by atoms with Gasteiger partial charge in [-0.3, -0.25) is 0 Å². The molecule has 0 aliphatic rings. The van der Waals surface area contributed by atoms with Gasteiger partial charge in [-0.1, -0.05) is 25.4 Å². The molecule has 0 bridgehead atoms. The topological polar surface area (TPSA) is 63.2 Å². The van der Waals surface area contributed by atoms with E-state index in [4.69, 9.17) is 16.3 Å². The van der Waals surface area contributed by atoms with Gasteiger partial charge in [0, 0.05) is 12.7 Å². The summed E-state index contributed by atoms with van der Waals surface area (Å²) in [5.41, 5.74) is 0.376. The Bertz CT molecular complexity index is 455. The predicted octanol–water partition coefficient (Wildman–Crippen LogP) is 2.96. The van der Waals surface area contributed by atoms with E-state index in [2.05, 4.69) is 29.5 Å². The van der Waals surface area contributed by atoms with Gasteiger partial charge in [0.05, 0.1) is 17.2 Å². The van der Waals surface area contributed by atoms with Crippen LogP contribution in [0.4, 0.5) is 5.82 Å². The summed E-state index contributed by atoms with van der Waals surface area (Å²) in [5.74, 6) is 0.661. The average Bonchev–Trinajstić information content (AvgIpc) is 2.47. The number of ether oxygens (including phenoxy) is 1. The summed E-state index contributed by atoms with van der Waals surface area (Å²) in [6.45, 7) is 9.15. The van der Waals surface area contributed by atoms with E-state index >= 15 is 0 Å². The minimum atomic E-state index is -0.386. The summed E-state index contributed by atoms with van der Waals surface area (Å²) in [6.07, 6.45) is 2.31. The summed E-state index contributed by atoms with van der Waals surface area (Å²) in [5, 5.41) is 6.71. The lowest BCUT2D eigenvalue weighted by Gasteiger charge is -2.12. The maximum absolute atomic E-state index is 11.9. The van der Waals surface area contributed by atoms with Crippen molar-refractivity contribution in [1.29, 1.82) is 0 Å². The van der Waals surface area contributed by atoms with Crippen LogP contribution in [0.25, 0.3) is 0 Å². The lowest BCUT2D eigenvalue weighted by molar-refractivity contribution is 0.0485. The first-order valence-electron chi connectivity index (χ1n) is 7.35. The Balaban J connectivity index is 2.43. The van der Waals surface area contributed by atoms with Crippen molar-refractivity contribution < 1.29 is 9.53 Å². The molecule has 1 aromatic heterocycles. The highest BCUT2D eigenvalue weighted by Gasteiger charge is 2.11. The molecule has 0 saturated heterocycles. The molecule has 0 aliphatic carbocycles. The van der Waals surface area contributed by atoms with Gasteiger partial charge in [-0.05, 0) is 38.4 Å². The van der Waals surface area contributed by atoms with Crippen molar-refractivity contribution in [2.75, 3.05) is 31.6 Å². The van der Waals surface area contributed by atoms with Gasteiger partial charge in [0.2, 0.25) is 0 Å². The highest BCUT2D eigenvalue weighted by molar-refractivity contribution is 6.33. The van der Waals surface area contributed by atoms with Crippen LogP contribution in [-0.2, 0) is 4.74 Å². The molecular weight excluding hydrogens is 290 g/mol. The van der Waals surface area contributed by atoms with Crippen molar-refractivity contribution in [3.05, 3.63) is 22.8 Å². The van der Waals surface area contributed by atoms with E-state index in [1.165, 1.54) is 6.20 Å². The second-order valence-electron chi connectivity index (χ2n) is 4.92. The molecule has 6 heteroatoms. The van der Waals surface area contributed by atoms with Crippen LogP contribution in [-0.4, -0.2) is 37.2 Å². The number of anilines is 1. The number of rotatable bonds is 9. The molecule has 1 atom stereocenters. The van der Waals surface area contributed by atoms with Crippen molar-refractivity contribution in [3.63, 3.8) is 0 Å². The number of aromatic nitrogens is 1. The zero-order chi connectivity index (χ0) is 15.7. The molecule has 0 radical (unpaired) electrons. The highest BCUT2D eigenvalue weighted by atomic mass is 35.5. The average molecular weight is 314 g/mol. The fourth-order valence-electron chi connectivity index (χ4n) is 1.78. The van der Waals surface area contributed by atoms with E-state index in [1.807, 2.05) is 6.92 Å². The van der Waals surface area contributed by atoms with Crippen molar-refractivity contribution in [1.82, 2.24) is 10.3 Å². The molecule has 0 fully saturated rings. The summed E-state index contributed by atoms with van der Waals surface area (Å²) in [7, 11) is 0. The van der Waals surface area contributed by atoms with Gasteiger partial charge in [0.25, 0.3) is 0 Å². The number of nitrogens with zero attached hydrogens (tertiary/aromatic N) is 1. The lowest BCUT2D eigenvalue weighted by atomic mass is 10.1. The normalized spacial score (nSPS) is 12.0. The molecule has 21 heavy (non-hydrogen) atoms. The van der Waals surface area contributed by atoms with Gasteiger partial charge >= 0.3 is 5.97 Å². The van der Waals surface area contributed by atoms with Crippen LogP contribution in [0.15, 0.2) is 12.3 Å². The quantitative estimate of drug-likeness (QED) is 0.686. The van der Waals surface area contributed by atoms with Crippen LogP contribution in [0.2, 0.25) is 5.02 Å². The fourth-order valence-corrected chi connectivity index (χ4v) is 2.01. The molecule has 1 rings (SSSR count). The van der Waals surface area contributed by atoms with E-state index in [0.29, 0.717) is 28.9 Å². The maximum Gasteiger partial charge on any atom is 0.339 e. The van der Waals surface area contributed by atoms with Crippen molar-refractivity contribution in [2.45, 2.75) is 27.2 Å². The van der Waals surface area contributed by atoms with E-state index in [9.17, 15) is 4.79 Å².